The summed E-state index contributed by atoms with van der Waals surface area (Å²) in [6.07, 6.45) is 11.1. The molecule has 254 valence electrons. The summed E-state index contributed by atoms with van der Waals surface area (Å²) in [5, 5.41) is 11.6. The second-order valence-corrected chi connectivity index (χ2v) is 12.7. The third kappa shape index (κ3) is 7.44. The number of aromatic nitrogens is 5. The highest BCUT2D eigenvalue weighted by atomic mass is 32.2. The van der Waals surface area contributed by atoms with E-state index in [1.54, 1.807) is 35.5 Å². The lowest BCUT2D eigenvalue weighted by molar-refractivity contribution is -0.135. The lowest BCUT2D eigenvalue weighted by atomic mass is 10.0. The Hall–Kier alpha value is -4.57. The highest BCUT2D eigenvalue weighted by Crippen LogP contribution is 2.38. The summed E-state index contributed by atoms with van der Waals surface area (Å²) in [7, 11) is 2.02. The van der Waals surface area contributed by atoms with E-state index in [9.17, 15) is 23.2 Å². The van der Waals surface area contributed by atoms with Crippen molar-refractivity contribution in [2.75, 3.05) is 51.3 Å². The predicted octanol–water partition coefficient (Wildman–Crippen LogP) is 3.71. The van der Waals surface area contributed by atoms with Crippen molar-refractivity contribution in [1.82, 2.24) is 39.1 Å². The quantitative estimate of drug-likeness (QED) is 0.223. The molecule has 2 saturated heterocycles. The van der Waals surface area contributed by atoms with E-state index in [0.717, 1.165) is 37.2 Å². The van der Waals surface area contributed by atoms with Crippen molar-refractivity contribution in [3.8, 4) is 17.0 Å². The molecular weight excluding hydrogens is 644 g/mol. The van der Waals surface area contributed by atoms with Crippen LogP contribution < -0.4 is 10.1 Å². The molecule has 13 nitrogen and oxygen atoms in total. The molecule has 6 rings (SSSR count). The van der Waals surface area contributed by atoms with Crippen LogP contribution in [-0.2, 0) is 16.1 Å². The van der Waals surface area contributed by atoms with Crippen LogP contribution in [0.3, 0.4) is 0 Å². The van der Waals surface area contributed by atoms with Crippen LogP contribution in [0.1, 0.15) is 36.0 Å². The van der Waals surface area contributed by atoms with Crippen molar-refractivity contribution in [2.45, 2.75) is 49.8 Å². The molecule has 1 N–H and O–H groups in total. The van der Waals surface area contributed by atoms with Gasteiger partial charge >= 0.3 is 6.61 Å². The molecule has 16 heteroatoms. The minimum Gasteiger partial charge on any atom is -0.434 e. The molecule has 1 aromatic carbocycles. The topological polar surface area (TPSA) is 130 Å². The first-order valence-electron chi connectivity index (χ1n) is 15.8. The van der Waals surface area contributed by atoms with Crippen LogP contribution in [0.15, 0.2) is 53.9 Å². The van der Waals surface area contributed by atoms with Gasteiger partial charge in [-0.05, 0) is 56.8 Å². The number of piperidine rings is 1. The Morgan fingerprint density at radius 2 is 1.90 bits per heavy atom. The van der Waals surface area contributed by atoms with Gasteiger partial charge in [0.25, 0.3) is 5.91 Å². The van der Waals surface area contributed by atoms with Gasteiger partial charge in [0.1, 0.15) is 23.6 Å². The van der Waals surface area contributed by atoms with Gasteiger partial charge in [-0.25, -0.2) is 9.50 Å². The Labute approximate surface area is 280 Å². The number of anilines is 1. The number of rotatable bonds is 12. The second-order valence-electron chi connectivity index (χ2n) is 11.8. The number of halogens is 2. The SMILES string of the molecule is CSc1ccc(OC(F)F)c(-c2nn(CC(=O)N3CCC(N(C)CCC(=O)N4CCC4)CC3)cc2NC(=O)c2cnn3cccnc23)c1. The standard InChI is InChI=1S/C32H37F2N9O4S/c1-39(14-9-27(44)40-11-4-12-40)21-7-15-41(16-8-21)28(45)20-42-19-25(37-31(46)24-18-36-43-13-3-10-35-30(24)43)29(38-42)23-17-22(48-2)5-6-26(23)47-32(33)34/h3,5-6,10,13,17-19,21,32H,4,7-9,11-12,14-16,20H2,1-2H3,(H,37,46). The van der Waals surface area contributed by atoms with Gasteiger partial charge in [0, 0.05) is 74.2 Å². The van der Waals surface area contributed by atoms with Crippen molar-refractivity contribution in [3.05, 3.63) is 54.6 Å². The number of thioether (sulfide) groups is 1. The smallest absolute Gasteiger partial charge is 0.387 e. The van der Waals surface area contributed by atoms with Crippen LogP contribution in [0, 0.1) is 0 Å². The number of hydrogen-bond donors (Lipinski definition) is 1. The molecule has 2 fully saturated rings. The van der Waals surface area contributed by atoms with Gasteiger partial charge in [-0.1, -0.05) is 0 Å². The third-order valence-electron chi connectivity index (χ3n) is 8.82. The lowest BCUT2D eigenvalue weighted by Crippen LogP contribution is -2.47. The summed E-state index contributed by atoms with van der Waals surface area (Å²) in [5.74, 6) is -0.626. The van der Waals surface area contributed by atoms with Crippen LogP contribution in [0.5, 0.6) is 5.75 Å². The number of fused-ring (bicyclic) bond motifs is 1. The van der Waals surface area contributed by atoms with E-state index in [1.165, 1.54) is 39.4 Å². The van der Waals surface area contributed by atoms with Gasteiger partial charge in [0.15, 0.2) is 5.65 Å². The number of likely N-dealkylation sites (tertiary alicyclic amines) is 2. The Bertz CT molecular complexity index is 1790. The first-order chi connectivity index (χ1) is 23.2. The predicted molar refractivity (Wildman–Crippen MR) is 175 cm³/mol. The molecule has 4 aromatic rings. The summed E-state index contributed by atoms with van der Waals surface area (Å²) < 4.78 is 34.5. The molecule has 0 unspecified atom stereocenters. The Balaban J connectivity index is 1.19. The van der Waals surface area contributed by atoms with E-state index in [1.807, 2.05) is 18.2 Å². The van der Waals surface area contributed by atoms with Crippen LogP contribution in [0.2, 0.25) is 0 Å². The normalized spacial score (nSPS) is 15.3. The highest BCUT2D eigenvalue weighted by Gasteiger charge is 2.28. The van der Waals surface area contributed by atoms with Crippen molar-refractivity contribution in [2.24, 2.45) is 0 Å². The van der Waals surface area contributed by atoms with Gasteiger partial charge in [-0.2, -0.15) is 19.0 Å². The Morgan fingerprint density at radius 3 is 2.60 bits per heavy atom. The average Bonchev–Trinajstić information content (AvgIpc) is 3.66. The van der Waals surface area contributed by atoms with E-state index in [-0.39, 0.29) is 52.7 Å². The number of hydrogen-bond acceptors (Lipinski definition) is 9. The van der Waals surface area contributed by atoms with E-state index in [0.29, 0.717) is 31.7 Å². The molecule has 3 aromatic heterocycles. The van der Waals surface area contributed by atoms with Gasteiger partial charge in [0.2, 0.25) is 11.8 Å². The molecule has 0 spiro atoms. The van der Waals surface area contributed by atoms with Crippen molar-refractivity contribution < 1.29 is 27.9 Å². The number of ether oxygens (including phenoxy) is 1. The third-order valence-corrected chi connectivity index (χ3v) is 9.54. The molecule has 5 heterocycles. The first-order valence-corrected chi connectivity index (χ1v) is 17.0. The van der Waals surface area contributed by atoms with Crippen LogP contribution >= 0.6 is 11.8 Å². The fourth-order valence-electron chi connectivity index (χ4n) is 5.96. The minimum atomic E-state index is -3.08. The molecule has 0 aliphatic carbocycles. The Morgan fingerprint density at radius 1 is 1.12 bits per heavy atom. The summed E-state index contributed by atoms with van der Waals surface area (Å²) >= 11 is 1.40. The van der Waals surface area contributed by atoms with Crippen molar-refractivity contribution >= 4 is 40.8 Å². The van der Waals surface area contributed by atoms with Crippen molar-refractivity contribution in [3.63, 3.8) is 0 Å². The fraction of sp³-hybridized carbons (Fsp3) is 0.438. The number of nitrogens with zero attached hydrogens (tertiary/aromatic N) is 8. The zero-order valence-electron chi connectivity index (χ0n) is 26.7. The zero-order chi connectivity index (χ0) is 33.8. The monoisotopic (exact) mass is 681 g/mol. The molecule has 48 heavy (non-hydrogen) atoms. The Kier molecular flexibility index (Phi) is 10.2. The number of nitrogens with one attached hydrogen (secondary N) is 1. The minimum absolute atomic E-state index is 0.120. The molecule has 2 aliphatic heterocycles. The molecule has 0 radical (unpaired) electrons. The number of carbonyl (C=O) groups excluding carboxylic acids is 3. The van der Waals surface area contributed by atoms with E-state index in [2.05, 4.69) is 25.4 Å². The summed E-state index contributed by atoms with van der Waals surface area (Å²) in [4.78, 5) is 50.1. The second kappa shape index (κ2) is 14.7. The fourth-order valence-corrected chi connectivity index (χ4v) is 6.40. The van der Waals surface area contributed by atoms with Gasteiger partial charge in [-0.3, -0.25) is 19.1 Å². The number of amides is 3. The van der Waals surface area contributed by atoms with E-state index >= 15 is 0 Å². The van der Waals surface area contributed by atoms with Crippen LogP contribution in [-0.4, -0.2) is 115 Å². The van der Waals surface area contributed by atoms with Crippen LogP contribution in [0.25, 0.3) is 16.9 Å². The largest absolute Gasteiger partial charge is 0.434 e. The van der Waals surface area contributed by atoms with Crippen LogP contribution in [0.4, 0.5) is 14.5 Å². The number of benzene rings is 1. The number of alkyl halides is 2. The first kappa shape index (κ1) is 33.3. The maximum atomic E-state index is 13.5. The van der Waals surface area contributed by atoms with Gasteiger partial charge < -0.3 is 24.8 Å². The van der Waals surface area contributed by atoms with Gasteiger partial charge in [0.05, 0.1) is 11.9 Å². The molecule has 3 amide bonds. The average molecular weight is 682 g/mol. The highest BCUT2D eigenvalue weighted by molar-refractivity contribution is 7.98. The summed E-state index contributed by atoms with van der Waals surface area (Å²) in [6, 6.07) is 6.69. The summed E-state index contributed by atoms with van der Waals surface area (Å²) in [5.41, 5.74) is 1.14. The molecule has 0 saturated carbocycles. The molecular formula is C32H37F2N9O4S. The molecule has 0 atom stereocenters. The summed E-state index contributed by atoms with van der Waals surface area (Å²) in [6.45, 7) is 0.271. The van der Waals surface area contributed by atoms with E-state index in [4.69, 9.17) is 4.74 Å². The molecule has 2 aliphatic rings. The maximum absolute atomic E-state index is 13.5. The van der Waals surface area contributed by atoms with E-state index < -0.39 is 12.5 Å². The number of carbonyl (C=O) groups is 3. The lowest BCUT2D eigenvalue weighted by Gasteiger charge is -2.37. The zero-order valence-corrected chi connectivity index (χ0v) is 27.5. The van der Waals surface area contributed by atoms with Crippen molar-refractivity contribution in [1.29, 1.82) is 0 Å². The van der Waals surface area contributed by atoms with Gasteiger partial charge in [-0.15, -0.1) is 11.8 Å². The maximum Gasteiger partial charge on any atom is 0.387 e. The molecule has 0 bridgehead atoms.